The highest BCUT2D eigenvalue weighted by atomic mass is 32.2. The van der Waals surface area contributed by atoms with E-state index in [4.69, 9.17) is 0 Å². The normalized spacial score (nSPS) is 17.3. The van der Waals surface area contributed by atoms with Crippen molar-refractivity contribution in [2.75, 3.05) is 32.1 Å². The predicted octanol–water partition coefficient (Wildman–Crippen LogP) is 1.82. The van der Waals surface area contributed by atoms with Crippen LogP contribution in [0.1, 0.15) is 12.0 Å². The minimum atomic E-state index is -3.46. The Morgan fingerprint density at radius 2 is 1.93 bits per heavy atom. The molecule has 0 spiro atoms. The Kier molecular flexibility index (Phi) is 6.88. The molecule has 1 unspecified atom stereocenters. The highest BCUT2D eigenvalue weighted by Gasteiger charge is 2.25. The van der Waals surface area contributed by atoms with Gasteiger partial charge in [0.1, 0.15) is 11.6 Å². The van der Waals surface area contributed by atoms with Crippen LogP contribution in [-0.4, -0.2) is 47.6 Å². The van der Waals surface area contributed by atoms with Gasteiger partial charge in [-0.15, -0.1) is 0 Å². The molecule has 0 radical (unpaired) electrons. The van der Waals surface area contributed by atoms with Gasteiger partial charge in [0.2, 0.25) is 10.0 Å². The molecule has 3 N–H and O–H groups in total. The smallest absolute Gasteiger partial charge is 0.240 e. The standard InChI is InChI=1S/C20H25F2N5O2S/c1-23-20(25-12-14-3-6-17(7-4-14)30(28,29)24-2)26-16-9-10-27(13-16)19-8-5-15(21)11-18(19)22/h3-8,11,16,24H,9-10,12-13H2,1-2H3,(H2,23,25,26). The number of nitrogens with one attached hydrogen (secondary N) is 3. The number of guanidine groups is 1. The van der Waals surface area contributed by atoms with E-state index < -0.39 is 21.7 Å². The lowest BCUT2D eigenvalue weighted by Gasteiger charge is -2.21. The quantitative estimate of drug-likeness (QED) is 0.474. The summed E-state index contributed by atoms with van der Waals surface area (Å²) in [6.07, 6.45) is 0.786. The SMILES string of the molecule is CN=C(NCc1ccc(S(=O)(=O)NC)cc1)NC1CCN(c2ccc(F)cc2F)C1. The second kappa shape index (κ2) is 9.40. The molecule has 0 aliphatic carbocycles. The lowest BCUT2D eigenvalue weighted by atomic mass is 10.2. The molecular weight excluding hydrogens is 412 g/mol. The minimum Gasteiger partial charge on any atom is -0.367 e. The molecule has 10 heteroatoms. The van der Waals surface area contributed by atoms with E-state index in [1.54, 1.807) is 31.3 Å². The number of halogens is 2. The molecule has 0 aromatic heterocycles. The van der Waals surface area contributed by atoms with Gasteiger partial charge in [-0.1, -0.05) is 12.1 Å². The molecule has 1 aliphatic rings. The third-order valence-electron chi connectivity index (χ3n) is 4.97. The monoisotopic (exact) mass is 437 g/mol. The van der Waals surface area contributed by atoms with E-state index in [9.17, 15) is 17.2 Å². The summed E-state index contributed by atoms with van der Waals surface area (Å²) in [5.74, 6) is -0.568. The maximum absolute atomic E-state index is 14.0. The molecule has 1 atom stereocenters. The van der Waals surface area contributed by atoms with Gasteiger partial charge in [-0.3, -0.25) is 4.99 Å². The topological polar surface area (TPSA) is 85.8 Å². The summed E-state index contributed by atoms with van der Waals surface area (Å²) in [5.41, 5.74) is 1.29. The van der Waals surface area contributed by atoms with Gasteiger partial charge >= 0.3 is 0 Å². The van der Waals surface area contributed by atoms with Crippen LogP contribution in [0.3, 0.4) is 0 Å². The number of anilines is 1. The first-order chi connectivity index (χ1) is 14.3. The van der Waals surface area contributed by atoms with Gasteiger partial charge in [-0.2, -0.15) is 0 Å². The van der Waals surface area contributed by atoms with Gasteiger partial charge in [0.05, 0.1) is 10.6 Å². The van der Waals surface area contributed by atoms with Crippen molar-refractivity contribution in [3.63, 3.8) is 0 Å². The number of aliphatic imine (C=N–C) groups is 1. The molecule has 7 nitrogen and oxygen atoms in total. The van der Waals surface area contributed by atoms with Crippen molar-refractivity contribution in [1.82, 2.24) is 15.4 Å². The first-order valence-corrected chi connectivity index (χ1v) is 11.0. The van der Waals surface area contributed by atoms with Gasteiger partial charge in [0, 0.05) is 38.8 Å². The van der Waals surface area contributed by atoms with Gasteiger partial charge < -0.3 is 15.5 Å². The number of hydrogen-bond acceptors (Lipinski definition) is 4. The average molecular weight is 438 g/mol. The molecule has 1 heterocycles. The van der Waals surface area contributed by atoms with Crippen LogP contribution in [0.2, 0.25) is 0 Å². The highest BCUT2D eigenvalue weighted by molar-refractivity contribution is 7.89. The summed E-state index contributed by atoms with van der Waals surface area (Å²) in [4.78, 5) is 6.29. The van der Waals surface area contributed by atoms with Crippen LogP contribution in [0.15, 0.2) is 52.4 Å². The number of nitrogens with zero attached hydrogens (tertiary/aromatic N) is 2. The van der Waals surface area contributed by atoms with Crippen LogP contribution in [0.25, 0.3) is 0 Å². The maximum atomic E-state index is 14.0. The molecule has 2 aromatic rings. The molecule has 1 fully saturated rings. The molecule has 162 valence electrons. The highest BCUT2D eigenvalue weighted by Crippen LogP contribution is 2.24. The Morgan fingerprint density at radius 3 is 2.57 bits per heavy atom. The molecular formula is C20H25F2N5O2S. The van der Waals surface area contributed by atoms with Gasteiger partial charge in [0.25, 0.3) is 0 Å². The van der Waals surface area contributed by atoms with Crippen LogP contribution >= 0.6 is 0 Å². The Morgan fingerprint density at radius 1 is 1.20 bits per heavy atom. The van der Waals surface area contributed by atoms with Gasteiger partial charge in [-0.25, -0.2) is 21.9 Å². The van der Waals surface area contributed by atoms with Crippen molar-refractivity contribution in [1.29, 1.82) is 0 Å². The zero-order chi connectivity index (χ0) is 21.7. The van der Waals surface area contributed by atoms with Crippen LogP contribution in [-0.2, 0) is 16.6 Å². The van der Waals surface area contributed by atoms with Gasteiger partial charge in [0.15, 0.2) is 5.96 Å². The zero-order valence-corrected chi connectivity index (χ0v) is 17.6. The molecule has 0 saturated carbocycles. The molecule has 3 rings (SSSR count). The first-order valence-electron chi connectivity index (χ1n) is 9.52. The summed E-state index contributed by atoms with van der Waals surface area (Å²) in [5, 5.41) is 6.50. The van der Waals surface area contributed by atoms with E-state index in [1.807, 2.05) is 4.90 Å². The molecule has 0 amide bonds. The fourth-order valence-electron chi connectivity index (χ4n) is 3.31. The summed E-state index contributed by atoms with van der Waals surface area (Å²) in [7, 11) is -0.432. The lowest BCUT2D eigenvalue weighted by molar-refractivity contribution is 0.580. The van der Waals surface area contributed by atoms with Crippen LogP contribution < -0.4 is 20.3 Å². The summed E-state index contributed by atoms with van der Waals surface area (Å²) in [6, 6.07) is 10.2. The van der Waals surface area contributed by atoms with Crippen molar-refractivity contribution in [3.05, 3.63) is 59.7 Å². The average Bonchev–Trinajstić information content (AvgIpc) is 3.19. The largest absolute Gasteiger partial charge is 0.367 e. The third-order valence-corrected chi connectivity index (χ3v) is 6.40. The summed E-state index contributed by atoms with van der Waals surface area (Å²) < 4.78 is 53.0. The van der Waals surface area contributed by atoms with Gasteiger partial charge in [-0.05, 0) is 43.3 Å². The van der Waals surface area contributed by atoms with E-state index in [0.29, 0.717) is 31.3 Å². The summed E-state index contributed by atoms with van der Waals surface area (Å²) >= 11 is 0. The predicted molar refractivity (Wildman–Crippen MR) is 113 cm³/mol. The second-order valence-electron chi connectivity index (χ2n) is 6.95. The van der Waals surface area contributed by atoms with E-state index in [1.165, 1.54) is 19.2 Å². The van der Waals surface area contributed by atoms with E-state index in [0.717, 1.165) is 18.1 Å². The minimum absolute atomic E-state index is 0.0591. The summed E-state index contributed by atoms with van der Waals surface area (Å²) in [6.45, 7) is 1.68. The van der Waals surface area contributed by atoms with Crippen LogP contribution in [0.4, 0.5) is 14.5 Å². The number of sulfonamides is 1. The van der Waals surface area contributed by atoms with Crippen LogP contribution in [0.5, 0.6) is 0 Å². The number of hydrogen-bond donors (Lipinski definition) is 3. The molecule has 0 bridgehead atoms. The fraction of sp³-hybridized carbons (Fsp3) is 0.350. The number of benzene rings is 2. The Balaban J connectivity index is 1.54. The molecule has 1 aliphatic heterocycles. The Labute approximate surface area is 175 Å². The van der Waals surface area contributed by atoms with Crippen molar-refractivity contribution >= 4 is 21.7 Å². The Bertz CT molecular complexity index is 1010. The lowest BCUT2D eigenvalue weighted by Crippen LogP contribution is -2.44. The zero-order valence-electron chi connectivity index (χ0n) is 16.8. The fourth-order valence-corrected chi connectivity index (χ4v) is 4.04. The van der Waals surface area contributed by atoms with Crippen LogP contribution in [0, 0.1) is 11.6 Å². The van der Waals surface area contributed by atoms with E-state index >= 15 is 0 Å². The molecule has 1 saturated heterocycles. The first kappa shape index (κ1) is 22.0. The van der Waals surface area contributed by atoms with Crippen molar-refractivity contribution in [2.45, 2.75) is 23.9 Å². The maximum Gasteiger partial charge on any atom is 0.240 e. The number of rotatable bonds is 6. The van der Waals surface area contributed by atoms with E-state index in [-0.39, 0.29) is 10.9 Å². The second-order valence-corrected chi connectivity index (χ2v) is 8.84. The van der Waals surface area contributed by atoms with Crippen molar-refractivity contribution in [3.8, 4) is 0 Å². The van der Waals surface area contributed by atoms with E-state index in [2.05, 4.69) is 20.3 Å². The Hall–Kier alpha value is -2.72. The van der Waals surface area contributed by atoms with Crippen molar-refractivity contribution in [2.24, 2.45) is 4.99 Å². The third kappa shape index (κ3) is 5.25. The molecule has 30 heavy (non-hydrogen) atoms. The molecule has 2 aromatic carbocycles. The van der Waals surface area contributed by atoms with Crippen molar-refractivity contribution < 1.29 is 17.2 Å².